The molecule has 0 aliphatic carbocycles. The number of aryl methyl sites for hydroxylation is 1. The van der Waals surface area contributed by atoms with Crippen molar-refractivity contribution in [3.63, 3.8) is 0 Å². The Morgan fingerprint density at radius 1 is 1.04 bits per heavy atom. The number of anilines is 1. The van der Waals surface area contributed by atoms with E-state index in [2.05, 4.69) is 0 Å². The number of amides is 2. The molecule has 0 heterocycles. The number of carbonyl (C=O) groups is 2. The molecular formula is C18H20N2O3. The summed E-state index contributed by atoms with van der Waals surface area (Å²) in [5, 5.41) is 8.58. The summed E-state index contributed by atoms with van der Waals surface area (Å²) >= 11 is 0. The number of para-hydroxylation sites is 1. The predicted octanol–water partition coefficient (Wildman–Crippen LogP) is 2.79. The van der Waals surface area contributed by atoms with Crippen LogP contribution in [0.5, 0.6) is 0 Å². The number of benzene rings is 2. The van der Waals surface area contributed by atoms with E-state index < -0.39 is 5.91 Å². The topological polar surface area (TPSA) is 69.6 Å². The molecule has 5 heteroatoms. The van der Waals surface area contributed by atoms with Crippen LogP contribution in [0.3, 0.4) is 0 Å². The molecule has 0 aliphatic heterocycles. The van der Waals surface area contributed by atoms with Gasteiger partial charge in [-0.05, 0) is 43.2 Å². The van der Waals surface area contributed by atoms with Gasteiger partial charge in [0.05, 0.1) is 0 Å². The Balaban J connectivity index is 1.97. The summed E-state index contributed by atoms with van der Waals surface area (Å²) in [6.45, 7) is 2.58. The van der Waals surface area contributed by atoms with E-state index in [9.17, 15) is 9.59 Å². The first kappa shape index (κ1) is 16.7. The molecule has 0 aliphatic rings. The fourth-order valence-electron chi connectivity index (χ4n) is 2.38. The maximum atomic E-state index is 12.4. The second-order valence-electron chi connectivity index (χ2n) is 5.11. The van der Waals surface area contributed by atoms with Gasteiger partial charge in [-0.25, -0.2) is 5.48 Å². The summed E-state index contributed by atoms with van der Waals surface area (Å²) in [7, 11) is 0. The zero-order valence-electron chi connectivity index (χ0n) is 13.0. The highest BCUT2D eigenvalue weighted by Gasteiger charge is 2.13. The Morgan fingerprint density at radius 3 is 2.26 bits per heavy atom. The molecule has 0 fully saturated rings. The zero-order chi connectivity index (χ0) is 16.7. The van der Waals surface area contributed by atoms with E-state index in [1.807, 2.05) is 37.3 Å². The third-order valence-corrected chi connectivity index (χ3v) is 3.63. The summed E-state index contributed by atoms with van der Waals surface area (Å²) in [5.74, 6) is -0.482. The molecule has 0 saturated carbocycles. The quantitative estimate of drug-likeness (QED) is 0.636. The molecule has 2 aromatic carbocycles. The summed E-state index contributed by atoms with van der Waals surface area (Å²) < 4.78 is 0. The fraction of sp³-hybridized carbons (Fsp3) is 0.222. The number of hydrogen-bond donors (Lipinski definition) is 2. The Hall–Kier alpha value is -2.66. The van der Waals surface area contributed by atoms with Crippen LogP contribution in [0.15, 0.2) is 54.6 Å². The van der Waals surface area contributed by atoms with Crippen LogP contribution in [0.1, 0.15) is 29.3 Å². The van der Waals surface area contributed by atoms with Crippen molar-refractivity contribution < 1.29 is 14.8 Å². The highest BCUT2D eigenvalue weighted by Crippen LogP contribution is 2.15. The molecule has 2 N–H and O–H groups in total. The number of nitrogens with zero attached hydrogens (tertiary/aromatic N) is 1. The summed E-state index contributed by atoms with van der Waals surface area (Å²) in [6.07, 6.45) is 0.997. The lowest BCUT2D eigenvalue weighted by Crippen LogP contribution is -2.30. The van der Waals surface area contributed by atoms with Gasteiger partial charge >= 0.3 is 0 Å². The Kier molecular flexibility index (Phi) is 5.88. The first-order valence-electron chi connectivity index (χ1n) is 7.54. The molecular weight excluding hydrogens is 292 g/mol. The Labute approximate surface area is 135 Å². The molecule has 0 radical (unpaired) electrons. The highest BCUT2D eigenvalue weighted by molar-refractivity contribution is 5.94. The van der Waals surface area contributed by atoms with Crippen LogP contribution >= 0.6 is 0 Å². The van der Waals surface area contributed by atoms with Crippen molar-refractivity contribution in [2.45, 2.75) is 19.8 Å². The van der Waals surface area contributed by atoms with Gasteiger partial charge in [-0.15, -0.1) is 0 Å². The normalized spacial score (nSPS) is 10.2. The van der Waals surface area contributed by atoms with Crippen LogP contribution in [-0.4, -0.2) is 23.6 Å². The van der Waals surface area contributed by atoms with Gasteiger partial charge in [-0.3, -0.25) is 14.8 Å². The number of nitrogens with one attached hydrogen (secondary N) is 1. The van der Waals surface area contributed by atoms with Crippen LogP contribution < -0.4 is 10.4 Å². The second kappa shape index (κ2) is 8.10. The second-order valence-corrected chi connectivity index (χ2v) is 5.11. The lowest BCUT2D eigenvalue weighted by molar-refractivity contribution is -0.118. The summed E-state index contributed by atoms with van der Waals surface area (Å²) in [6, 6.07) is 16.4. The SMILES string of the molecule is CCN(C(=O)CCc1ccc(C(=O)NO)cc1)c1ccccc1. The molecule has 2 rings (SSSR count). The van der Waals surface area contributed by atoms with Crippen LogP contribution in [0, 0.1) is 0 Å². The molecule has 0 spiro atoms. The molecule has 23 heavy (non-hydrogen) atoms. The minimum Gasteiger partial charge on any atom is -0.313 e. The fourth-order valence-corrected chi connectivity index (χ4v) is 2.38. The standard InChI is InChI=1S/C18H20N2O3/c1-2-20(16-6-4-3-5-7-16)17(21)13-10-14-8-11-15(12-9-14)18(22)19-23/h3-9,11-12,23H,2,10,13H2,1H3,(H,19,22). The van der Waals surface area contributed by atoms with Crippen LogP contribution in [0.25, 0.3) is 0 Å². The smallest absolute Gasteiger partial charge is 0.274 e. The van der Waals surface area contributed by atoms with Crippen molar-refractivity contribution in [1.82, 2.24) is 5.48 Å². The number of carbonyl (C=O) groups excluding carboxylic acids is 2. The van der Waals surface area contributed by atoms with E-state index in [4.69, 9.17) is 5.21 Å². The molecule has 0 unspecified atom stereocenters. The minimum atomic E-state index is -0.547. The van der Waals surface area contributed by atoms with E-state index in [-0.39, 0.29) is 5.91 Å². The van der Waals surface area contributed by atoms with E-state index >= 15 is 0 Å². The average molecular weight is 312 g/mol. The largest absolute Gasteiger partial charge is 0.313 e. The van der Waals surface area contributed by atoms with Crippen molar-refractivity contribution in [1.29, 1.82) is 0 Å². The first-order valence-corrected chi connectivity index (χ1v) is 7.54. The number of rotatable bonds is 6. The molecule has 2 amide bonds. The van der Waals surface area contributed by atoms with Gasteiger partial charge in [0.2, 0.25) is 5.91 Å². The molecule has 0 bridgehead atoms. The van der Waals surface area contributed by atoms with Gasteiger partial charge in [-0.1, -0.05) is 30.3 Å². The van der Waals surface area contributed by atoms with Crippen LogP contribution in [-0.2, 0) is 11.2 Å². The average Bonchev–Trinajstić information content (AvgIpc) is 2.61. The molecule has 5 nitrogen and oxygen atoms in total. The lowest BCUT2D eigenvalue weighted by atomic mass is 10.1. The van der Waals surface area contributed by atoms with Crippen molar-refractivity contribution >= 4 is 17.5 Å². The maximum Gasteiger partial charge on any atom is 0.274 e. The molecule has 0 atom stereocenters. The molecule has 0 aromatic heterocycles. The van der Waals surface area contributed by atoms with Crippen molar-refractivity contribution in [3.05, 3.63) is 65.7 Å². The van der Waals surface area contributed by atoms with Crippen LogP contribution in [0.4, 0.5) is 5.69 Å². The third-order valence-electron chi connectivity index (χ3n) is 3.63. The van der Waals surface area contributed by atoms with Gasteiger partial charge in [0.25, 0.3) is 5.91 Å². The maximum absolute atomic E-state index is 12.4. The van der Waals surface area contributed by atoms with Gasteiger partial charge in [0.1, 0.15) is 0 Å². The zero-order valence-corrected chi connectivity index (χ0v) is 13.0. The van der Waals surface area contributed by atoms with Crippen molar-refractivity contribution in [3.8, 4) is 0 Å². The van der Waals surface area contributed by atoms with E-state index in [1.54, 1.807) is 34.6 Å². The summed E-state index contributed by atoms with van der Waals surface area (Å²) in [5.41, 5.74) is 3.84. The number of hydroxylamine groups is 1. The summed E-state index contributed by atoms with van der Waals surface area (Å²) in [4.78, 5) is 25.4. The van der Waals surface area contributed by atoms with Gasteiger partial charge < -0.3 is 4.90 Å². The third kappa shape index (κ3) is 4.40. The number of hydrogen-bond acceptors (Lipinski definition) is 3. The minimum absolute atomic E-state index is 0.0656. The van der Waals surface area contributed by atoms with Crippen molar-refractivity contribution in [2.75, 3.05) is 11.4 Å². The van der Waals surface area contributed by atoms with Crippen LogP contribution in [0.2, 0.25) is 0 Å². The molecule has 0 saturated heterocycles. The van der Waals surface area contributed by atoms with Gasteiger partial charge in [-0.2, -0.15) is 0 Å². The van der Waals surface area contributed by atoms with E-state index in [0.29, 0.717) is 24.9 Å². The Morgan fingerprint density at radius 2 is 1.70 bits per heavy atom. The van der Waals surface area contributed by atoms with Gasteiger partial charge in [0, 0.05) is 24.2 Å². The highest BCUT2D eigenvalue weighted by atomic mass is 16.5. The molecule has 2 aromatic rings. The van der Waals surface area contributed by atoms with E-state index in [1.165, 1.54) is 0 Å². The Bertz CT molecular complexity index is 654. The lowest BCUT2D eigenvalue weighted by Gasteiger charge is -2.21. The predicted molar refractivity (Wildman–Crippen MR) is 88.5 cm³/mol. The first-order chi connectivity index (χ1) is 11.2. The van der Waals surface area contributed by atoms with Crippen molar-refractivity contribution in [2.24, 2.45) is 0 Å². The van der Waals surface area contributed by atoms with E-state index in [0.717, 1.165) is 11.3 Å². The van der Waals surface area contributed by atoms with Gasteiger partial charge in [0.15, 0.2) is 0 Å². The molecule has 120 valence electrons. The monoisotopic (exact) mass is 312 g/mol.